The average Bonchev–Trinajstić information content (AvgIpc) is 1.99. The van der Waals surface area contributed by atoms with Crippen molar-refractivity contribution in [3.63, 3.8) is 0 Å². The second kappa shape index (κ2) is 7.41. The normalized spacial score (nSPS) is 11.9. The molecule has 0 heterocycles. The van der Waals surface area contributed by atoms with Gasteiger partial charge in [0.05, 0.1) is 0 Å². The Balaban J connectivity index is 0. The molecular weight excluding hydrogens is 179 g/mol. The monoisotopic (exact) mass is 191 g/mol. The van der Waals surface area contributed by atoms with E-state index in [1.165, 1.54) is 13.0 Å². The molecule has 0 saturated heterocycles. The van der Waals surface area contributed by atoms with Crippen LogP contribution in [0, 0.1) is 12.3 Å². The van der Waals surface area contributed by atoms with Gasteiger partial charge in [-0.15, -0.1) is 12.3 Å². The minimum Gasteiger partial charge on any atom is -0.284 e. The molecule has 0 amide bonds. The largest absolute Gasteiger partial charge is 0.432 e. The summed E-state index contributed by atoms with van der Waals surface area (Å²) in [5, 5.41) is 0. The average molecular weight is 191 g/mol. The fourth-order valence-corrected chi connectivity index (χ4v) is 0.454. The Morgan fingerprint density at radius 1 is 1.46 bits per heavy atom. The van der Waals surface area contributed by atoms with Gasteiger partial charge in [-0.25, -0.2) is 0 Å². The number of aliphatic imine (C=N–C) groups is 1. The van der Waals surface area contributed by atoms with Crippen LogP contribution < -0.4 is 0 Å². The van der Waals surface area contributed by atoms with E-state index < -0.39 is 11.9 Å². The number of halogens is 3. The topological polar surface area (TPSA) is 12.4 Å². The van der Waals surface area contributed by atoms with Gasteiger partial charge in [0.2, 0.25) is 0 Å². The lowest BCUT2D eigenvalue weighted by Gasteiger charge is -2.03. The van der Waals surface area contributed by atoms with Crippen molar-refractivity contribution in [3.8, 4) is 12.3 Å². The fraction of sp³-hybridized carbons (Fsp3) is 0.444. The number of rotatable bonds is 1. The van der Waals surface area contributed by atoms with Gasteiger partial charge in [-0.3, -0.25) is 4.99 Å². The summed E-state index contributed by atoms with van der Waals surface area (Å²) < 4.78 is 35.2. The summed E-state index contributed by atoms with van der Waals surface area (Å²) in [6, 6.07) is 0. The molecule has 0 N–H and O–H groups in total. The van der Waals surface area contributed by atoms with Crippen LogP contribution >= 0.6 is 0 Å². The lowest BCUT2D eigenvalue weighted by atomic mass is 10.3. The minimum absolute atomic E-state index is 0.852. The molecule has 0 aliphatic rings. The van der Waals surface area contributed by atoms with Crippen LogP contribution in [0.2, 0.25) is 0 Å². The maximum atomic E-state index is 11.7. The zero-order valence-electron chi connectivity index (χ0n) is 7.81. The lowest BCUT2D eigenvalue weighted by Crippen LogP contribution is -2.20. The van der Waals surface area contributed by atoms with Gasteiger partial charge in [0, 0.05) is 7.05 Å². The minimum atomic E-state index is -4.32. The molecule has 0 aromatic rings. The number of alkyl halides is 3. The first kappa shape index (κ1) is 14.3. The number of hydrogen-bond acceptors (Lipinski definition) is 1. The number of terminal acetylenes is 1. The van der Waals surface area contributed by atoms with Crippen molar-refractivity contribution in [1.82, 2.24) is 0 Å². The molecule has 0 saturated carbocycles. The van der Waals surface area contributed by atoms with Gasteiger partial charge in [0.25, 0.3) is 0 Å². The molecule has 0 aliphatic carbocycles. The first-order valence-electron chi connectivity index (χ1n) is 3.48. The van der Waals surface area contributed by atoms with E-state index in [1.807, 2.05) is 0 Å². The van der Waals surface area contributed by atoms with E-state index >= 15 is 0 Å². The molecule has 0 aromatic heterocycles. The van der Waals surface area contributed by atoms with E-state index in [4.69, 9.17) is 0 Å². The van der Waals surface area contributed by atoms with Gasteiger partial charge < -0.3 is 0 Å². The van der Waals surface area contributed by atoms with Crippen LogP contribution in [0.4, 0.5) is 13.2 Å². The van der Waals surface area contributed by atoms with Crippen molar-refractivity contribution in [2.45, 2.75) is 20.0 Å². The molecule has 0 radical (unpaired) electrons. The smallest absolute Gasteiger partial charge is 0.284 e. The summed E-state index contributed by atoms with van der Waals surface area (Å²) in [7, 11) is 1.11. The highest BCUT2D eigenvalue weighted by atomic mass is 19.4. The third kappa shape index (κ3) is 8.67. The van der Waals surface area contributed by atoms with Crippen molar-refractivity contribution in [2.75, 3.05) is 7.05 Å². The number of nitrogens with zero attached hydrogens (tertiary/aromatic N) is 1. The molecule has 0 aliphatic heterocycles. The SMILES string of the molecule is C#CC.C/C=C\C(=NC)C(F)(F)F. The number of allylic oxidation sites excluding steroid dienone is 2. The van der Waals surface area contributed by atoms with Gasteiger partial charge >= 0.3 is 6.18 Å². The van der Waals surface area contributed by atoms with Crippen molar-refractivity contribution in [3.05, 3.63) is 12.2 Å². The summed E-state index contributed by atoms with van der Waals surface area (Å²) in [5.74, 6) is 2.25. The van der Waals surface area contributed by atoms with Crippen LogP contribution in [0.25, 0.3) is 0 Å². The van der Waals surface area contributed by atoms with E-state index in [-0.39, 0.29) is 0 Å². The Labute approximate surface area is 76.4 Å². The van der Waals surface area contributed by atoms with Gasteiger partial charge in [0.15, 0.2) is 0 Å². The molecule has 0 fully saturated rings. The Bertz CT molecular complexity index is 218. The van der Waals surface area contributed by atoms with Crippen LogP contribution in [-0.2, 0) is 0 Å². The lowest BCUT2D eigenvalue weighted by molar-refractivity contribution is -0.0577. The van der Waals surface area contributed by atoms with Crippen molar-refractivity contribution in [2.24, 2.45) is 4.99 Å². The van der Waals surface area contributed by atoms with Gasteiger partial charge in [0.1, 0.15) is 5.71 Å². The Morgan fingerprint density at radius 2 is 1.85 bits per heavy atom. The molecule has 0 rings (SSSR count). The third-order valence-corrected chi connectivity index (χ3v) is 0.856. The highest BCUT2D eigenvalue weighted by Gasteiger charge is 2.32. The van der Waals surface area contributed by atoms with E-state index in [0.29, 0.717) is 0 Å². The zero-order chi connectivity index (χ0) is 10.9. The van der Waals surface area contributed by atoms with Crippen LogP contribution in [0.15, 0.2) is 17.1 Å². The van der Waals surface area contributed by atoms with Gasteiger partial charge in [-0.2, -0.15) is 13.2 Å². The maximum Gasteiger partial charge on any atom is 0.432 e. The second-order valence-electron chi connectivity index (χ2n) is 1.90. The van der Waals surface area contributed by atoms with Crippen molar-refractivity contribution < 1.29 is 13.2 Å². The van der Waals surface area contributed by atoms with Gasteiger partial charge in [-0.05, 0) is 19.9 Å². The Morgan fingerprint density at radius 3 is 1.92 bits per heavy atom. The quantitative estimate of drug-likeness (QED) is 0.446. The third-order valence-electron chi connectivity index (χ3n) is 0.856. The summed E-state index contributed by atoms with van der Waals surface area (Å²) in [5.41, 5.74) is -0.852. The predicted molar refractivity (Wildman–Crippen MR) is 48.7 cm³/mol. The molecule has 4 heteroatoms. The predicted octanol–water partition coefficient (Wildman–Crippen LogP) is 2.84. The molecule has 13 heavy (non-hydrogen) atoms. The van der Waals surface area contributed by atoms with Crippen LogP contribution in [0.5, 0.6) is 0 Å². The summed E-state index contributed by atoms with van der Waals surface area (Å²) in [6.07, 6.45) is 2.51. The zero-order valence-corrected chi connectivity index (χ0v) is 7.81. The molecule has 0 spiro atoms. The maximum absolute atomic E-state index is 11.7. The fourth-order valence-electron chi connectivity index (χ4n) is 0.454. The molecule has 0 bridgehead atoms. The van der Waals surface area contributed by atoms with E-state index in [0.717, 1.165) is 13.1 Å². The van der Waals surface area contributed by atoms with Crippen LogP contribution in [-0.4, -0.2) is 18.9 Å². The second-order valence-corrected chi connectivity index (χ2v) is 1.90. The Hall–Kier alpha value is -1.24. The number of hydrogen-bond donors (Lipinski definition) is 0. The Kier molecular flexibility index (Phi) is 8.15. The van der Waals surface area contributed by atoms with Gasteiger partial charge in [-0.1, -0.05) is 6.08 Å². The molecule has 0 aromatic carbocycles. The first-order valence-corrected chi connectivity index (χ1v) is 3.48. The van der Waals surface area contributed by atoms with E-state index in [2.05, 4.69) is 17.3 Å². The standard InChI is InChI=1S/C6H8F3N.C3H4/c1-3-4-5(10-2)6(7,8)9;1-3-2/h3-4H,1-2H3;1H,2H3/b4-3-,10-5?;. The highest BCUT2D eigenvalue weighted by Crippen LogP contribution is 2.17. The van der Waals surface area contributed by atoms with Crippen LogP contribution in [0.1, 0.15) is 13.8 Å². The summed E-state index contributed by atoms with van der Waals surface area (Å²) in [6.45, 7) is 3.16. The molecule has 1 nitrogen and oxygen atoms in total. The van der Waals surface area contributed by atoms with E-state index in [1.54, 1.807) is 6.92 Å². The van der Waals surface area contributed by atoms with Crippen molar-refractivity contribution in [1.29, 1.82) is 0 Å². The first-order chi connectivity index (χ1) is 5.93. The molecule has 0 atom stereocenters. The molecule has 0 unspecified atom stereocenters. The molecular formula is C9H12F3N. The summed E-state index contributed by atoms with van der Waals surface area (Å²) >= 11 is 0. The highest BCUT2D eigenvalue weighted by molar-refractivity contribution is 5.99. The molecule has 74 valence electrons. The van der Waals surface area contributed by atoms with Crippen LogP contribution in [0.3, 0.4) is 0 Å². The van der Waals surface area contributed by atoms with E-state index in [9.17, 15) is 13.2 Å². The van der Waals surface area contributed by atoms with Crippen molar-refractivity contribution >= 4 is 5.71 Å². The summed E-state index contributed by atoms with van der Waals surface area (Å²) in [4.78, 5) is 3.05.